The molecule has 0 bridgehead atoms. The first-order valence-electron chi connectivity index (χ1n) is 6.72. The van der Waals surface area contributed by atoms with Crippen molar-refractivity contribution in [2.45, 2.75) is 37.1 Å². The number of carbonyl (C=O) groups excluding carboxylic acids is 1. The summed E-state index contributed by atoms with van der Waals surface area (Å²) in [6.45, 7) is 4.10. The normalized spacial score (nSPS) is 11.6. The van der Waals surface area contributed by atoms with Crippen molar-refractivity contribution in [3.63, 3.8) is 0 Å². The predicted molar refractivity (Wildman–Crippen MR) is 89.5 cm³/mol. The molecule has 0 saturated heterocycles. The summed E-state index contributed by atoms with van der Waals surface area (Å²) in [5.74, 6) is -0.0690. The number of aryl methyl sites for hydroxylation is 1. The van der Waals surface area contributed by atoms with E-state index in [0.717, 1.165) is 5.56 Å². The van der Waals surface area contributed by atoms with Gasteiger partial charge < -0.3 is 11.1 Å². The average Bonchev–Trinajstić information content (AvgIpc) is 2.42. The standard InChI is InChI=1S/C14H23N3O3S.ClH/c1-14(2,15)10-17-13(18)9-6-11-4-7-12(8-5-11)21(19,20)16-3;/h4-5,7-8,16H,6,9-10,15H2,1-3H3,(H,17,18);1H. The number of amides is 1. The van der Waals surface area contributed by atoms with Gasteiger partial charge in [0.15, 0.2) is 0 Å². The van der Waals surface area contributed by atoms with Crippen molar-refractivity contribution < 1.29 is 13.2 Å². The van der Waals surface area contributed by atoms with Gasteiger partial charge in [-0.05, 0) is 45.0 Å². The third-order valence-electron chi connectivity index (χ3n) is 2.88. The summed E-state index contributed by atoms with van der Waals surface area (Å²) in [6.07, 6.45) is 0.894. The minimum absolute atomic E-state index is 0. The number of hydrogen-bond acceptors (Lipinski definition) is 4. The highest BCUT2D eigenvalue weighted by Crippen LogP contribution is 2.11. The number of nitrogens with two attached hydrogens (primary N) is 1. The molecular formula is C14H24ClN3O3S. The number of nitrogens with one attached hydrogen (secondary N) is 2. The van der Waals surface area contributed by atoms with Crippen LogP contribution >= 0.6 is 12.4 Å². The highest BCUT2D eigenvalue weighted by Gasteiger charge is 2.13. The van der Waals surface area contributed by atoms with Gasteiger partial charge in [0.1, 0.15) is 0 Å². The minimum atomic E-state index is -3.41. The molecule has 0 aromatic heterocycles. The van der Waals surface area contributed by atoms with Gasteiger partial charge in [-0.15, -0.1) is 12.4 Å². The van der Waals surface area contributed by atoms with E-state index < -0.39 is 15.6 Å². The Labute approximate surface area is 138 Å². The quantitative estimate of drug-likeness (QED) is 0.677. The Morgan fingerprint density at radius 1 is 1.23 bits per heavy atom. The Bertz CT molecular complexity index is 580. The summed E-state index contributed by atoms with van der Waals surface area (Å²) >= 11 is 0. The third kappa shape index (κ3) is 7.22. The molecule has 0 saturated carbocycles. The second kappa shape index (κ2) is 8.47. The van der Waals surface area contributed by atoms with Gasteiger partial charge in [-0.1, -0.05) is 12.1 Å². The maximum Gasteiger partial charge on any atom is 0.240 e. The number of sulfonamides is 1. The summed E-state index contributed by atoms with van der Waals surface area (Å²) in [4.78, 5) is 11.9. The smallest absolute Gasteiger partial charge is 0.240 e. The Hall–Kier alpha value is -1.15. The molecule has 0 spiro atoms. The summed E-state index contributed by atoms with van der Waals surface area (Å²) < 4.78 is 25.4. The molecule has 126 valence electrons. The fraction of sp³-hybridized carbons (Fsp3) is 0.500. The molecule has 0 heterocycles. The summed E-state index contributed by atoms with van der Waals surface area (Å²) in [5.41, 5.74) is 6.26. The maximum atomic E-state index is 11.7. The van der Waals surface area contributed by atoms with Crippen LogP contribution in [0.3, 0.4) is 0 Å². The van der Waals surface area contributed by atoms with Gasteiger partial charge in [0, 0.05) is 18.5 Å². The molecule has 0 radical (unpaired) electrons. The molecule has 0 fully saturated rings. The van der Waals surface area contributed by atoms with E-state index in [1.807, 2.05) is 13.8 Å². The zero-order chi connectivity index (χ0) is 16.1. The Morgan fingerprint density at radius 2 is 1.77 bits per heavy atom. The maximum absolute atomic E-state index is 11.7. The lowest BCUT2D eigenvalue weighted by Gasteiger charge is -2.18. The topological polar surface area (TPSA) is 101 Å². The van der Waals surface area contributed by atoms with Crippen LogP contribution in [0.2, 0.25) is 0 Å². The van der Waals surface area contributed by atoms with Gasteiger partial charge in [-0.3, -0.25) is 4.79 Å². The van der Waals surface area contributed by atoms with Crippen LogP contribution in [0.25, 0.3) is 0 Å². The fourth-order valence-corrected chi connectivity index (χ4v) is 2.36. The van der Waals surface area contributed by atoms with Crippen LogP contribution in [0.4, 0.5) is 0 Å². The van der Waals surface area contributed by atoms with Crippen molar-refractivity contribution in [3.8, 4) is 0 Å². The van der Waals surface area contributed by atoms with E-state index in [1.165, 1.54) is 19.2 Å². The first-order valence-corrected chi connectivity index (χ1v) is 8.20. The number of carbonyl (C=O) groups is 1. The van der Waals surface area contributed by atoms with Gasteiger partial charge in [0.2, 0.25) is 15.9 Å². The van der Waals surface area contributed by atoms with Crippen LogP contribution in [0, 0.1) is 0 Å². The second-order valence-electron chi connectivity index (χ2n) is 5.62. The fourth-order valence-electron chi connectivity index (χ4n) is 1.63. The van der Waals surface area contributed by atoms with Crippen LogP contribution < -0.4 is 15.8 Å². The lowest BCUT2D eigenvalue weighted by atomic mass is 10.1. The van der Waals surface area contributed by atoms with E-state index in [0.29, 0.717) is 19.4 Å². The van der Waals surface area contributed by atoms with E-state index >= 15 is 0 Å². The molecule has 6 nitrogen and oxygen atoms in total. The Balaban J connectivity index is 0.00000441. The monoisotopic (exact) mass is 349 g/mol. The number of hydrogen-bond donors (Lipinski definition) is 3. The van der Waals surface area contributed by atoms with Crippen LogP contribution in [-0.2, 0) is 21.2 Å². The molecule has 0 aliphatic carbocycles. The van der Waals surface area contributed by atoms with E-state index in [2.05, 4.69) is 10.0 Å². The van der Waals surface area contributed by atoms with Gasteiger partial charge in [-0.2, -0.15) is 0 Å². The largest absolute Gasteiger partial charge is 0.354 e. The molecule has 1 rings (SSSR count). The van der Waals surface area contributed by atoms with Gasteiger partial charge in [0.25, 0.3) is 0 Å². The molecular weight excluding hydrogens is 326 g/mol. The van der Waals surface area contributed by atoms with Crippen LogP contribution in [0.5, 0.6) is 0 Å². The molecule has 0 unspecified atom stereocenters. The van der Waals surface area contributed by atoms with Crippen LogP contribution in [-0.4, -0.2) is 33.5 Å². The highest BCUT2D eigenvalue weighted by molar-refractivity contribution is 7.89. The zero-order valence-corrected chi connectivity index (χ0v) is 14.7. The molecule has 8 heteroatoms. The van der Waals surface area contributed by atoms with Crippen LogP contribution in [0.15, 0.2) is 29.2 Å². The van der Waals surface area contributed by atoms with Crippen molar-refractivity contribution in [2.24, 2.45) is 5.73 Å². The number of rotatable bonds is 7. The van der Waals surface area contributed by atoms with Gasteiger partial charge in [-0.25, -0.2) is 13.1 Å². The van der Waals surface area contributed by atoms with Crippen LogP contribution in [0.1, 0.15) is 25.8 Å². The summed E-state index contributed by atoms with van der Waals surface area (Å²) in [6, 6.07) is 6.48. The molecule has 1 aromatic carbocycles. The summed E-state index contributed by atoms with van der Waals surface area (Å²) in [7, 11) is -2.05. The molecule has 0 aliphatic rings. The zero-order valence-electron chi connectivity index (χ0n) is 13.0. The lowest BCUT2D eigenvalue weighted by molar-refractivity contribution is -0.121. The Kier molecular flexibility index (Phi) is 8.03. The molecule has 0 atom stereocenters. The molecule has 1 aromatic rings. The highest BCUT2D eigenvalue weighted by atomic mass is 35.5. The van der Waals surface area contributed by atoms with Crippen molar-refractivity contribution in [2.75, 3.05) is 13.6 Å². The molecule has 0 aliphatic heterocycles. The van der Waals surface area contributed by atoms with E-state index in [9.17, 15) is 13.2 Å². The summed E-state index contributed by atoms with van der Waals surface area (Å²) in [5, 5.41) is 2.77. The SMILES string of the molecule is CNS(=O)(=O)c1ccc(CCC(=O)NCC(C)(C)N)cc1.Cl. The van der Waals surface area contributed by atoms with Crippen molar-refractivity contribution in [1.82, 2.24) is 10.0 Å². The second-order valence-corrected chi connectivity index (χ2v) is 7.50. The molecule has 4 N–H and O–H groups in total. The third-order valence-corrected chi connectivity index (χ3v) is 4.31. The first kappa shape index (κ1) is 20.9. The van der Waals surface area contributed by atoms with Crippen molar-refractivity contribution in [1.29, 1.82) is 0 Å². The number of benzene rings is 1. The van der Waals surface area contributed by atoms with Gasteiger partial charge in [0.05, 0.1) is 4.90 Å². The number of halogens is 1. The van der Waals surface area contributed by atoms with Gasteiger partial charge >= 0.3 is 0 Å². The lowest BCUT2D eigenvalue weighted by Crippen LogP contribution is -2.45. The first-order chi connectivity index (χ1) is 9.64. The molecule has 1 amide bonds. The van der Waals surface area contributed by atoms with E-state index in [4.69, 9.17) is 5.73 Å². The Morgan fingerprint density at radius 3 is 2.23 bits per heavy atom. The van der Waals surface area contributed by atoms with Crippen molar-refractivity contribution in [3.05, 3.63) is 29.8 Å². The van der Waals surface area contributed by atoms with E-state index in [1.54, 1.807) is 12.1 Å². The molecule has 22 heavy (non-hydrogen) atoms. The minimum Gasteiger partial charge on any atom is -0.354 e. The van der Waals surface area contributed by atoms with E-state index in [-0.39, 0.29) is 23.2 Å². The average molecular weight is 350 g/mol. The van der Waals surface area contributed by atoms with Crippen molar-refractivity contribution >= 4 is 28.3 Å². The predicted octanol–water partition coefficient (Wildman–Crippen LogP) is 0.803.